The molecule has 0 aromatic heterocycles. The van der Waals surface area contributed by atoms with Gasteiger partial charge in [0.05, 0.1) is 5.69 Å². The van der Waals surface area contributed by atoms with Gasteiger partial charge >= 0.3 is 0 Å². The Hall–Kier alpha value is -1.23. The molecule has 0 atom stereocenters. The molecular formula is C15H19F3N2. The second kappa shape index (κ2) is 5.28. The monoisotopic (exact) mass is 284 g/mol. The highest BCUT2D eigenvalue weighted by molar-refractivity contribution is 5.49. The summed E-state index contributed by atoms with van der Waals surface area (Å²) in [6.45, 7) is 2.02. The van der Waals surface area contributed by atoms with Crippen molar-refractivity contribution in [3.05, 3.63) is 29.6 Å². The number of nitrogens with one attached hydrogen (secondary N) is 1. The van der Waals surface area contributed by atoms with E-state index in [0.29, 0.717) is 19.2 Å². The van der Waals surface area contributed by atoms with E-state index < -0.39 is 17.5 Å². The van der Waals surface area contributed by atoms with Crippen LogP contribution >= 0.6 is 0 Å². The average Bonchev–Trinajstić information content (AvgIpc) is 2.44. The summed E-state index contributed by atoms with van der Waals surface area (Å²) in [5, 5.41) is 3.55. The first kappa shape index (κ1) is 13.7. The predicted molar refractivity (Wildman–Crippen MR) is 72.3 cm³/mol. The molecule has 2 nitrogen and oxygen atoms in total. The van der Waals surface area contributed by atoms with Crippen molar-refractivity contribution in [3.63, 3.8) is 0 Å². The number of anilines is 1. The number of hydrogen-bond donors (Lipinski definition) is 1. The van der Waals surface area contributed by atoms with Gasteiger partial charge in [-0.3, -0.25) is 0 Å². The molecule has 1 aliphatic heterocycles. The van der Waals surface area contributed by atoms with Crippen molar-refractivity contribution in [2.24, 2.45) is 0 Å². The summed E-state index contributed by atoms with van der Waals surface area (Å²) in [5.41, 5.74) is 0.184. The number of rotatable bonds is 1. The van der Waals surface area contributed by atoms with E-state index >= 15 is 0 Å². The summed E-state index contributed by atoms with van der Waals surface area (Å²) in [6, 6.07) is 1.62. The smallest absolute Gasteiger partial charge is 0.161 e. The van der Waals surface area contributed by atoms with Gasteiger partial charge in [-0.1, -0.05) is 19.3 Å². The summed E-state index contributed by atoms with van der Waals surface area (Å²) in [5.74, 6) is -2.80. The van der Waals surface area contributed by atoms with Crippen LogP contribution in [-0.4, -0.2) is 25.2 Å². The van der Waals surface area contributed by atoms with Crippen molar-refractivity contribution in [3.8, 4) is 0 Å². The molecule has 20 heavy (non-hydrogen) atoms. The van der Waals surface area contributed by atoms with Crippen molar-refractivity contribution in [1.29, 1.82) is 0 Å². The topological polar surface area (TPSA) is 15.3 Å². The maximum absolute atomic E-state index is 13.9. The molecule has 2 aliphatic rings. The van der Waals surface area contributed by atoms with E-state index in [9.17, 15) is 13.2 Å². The Labute approximate surface area is 117 Å². The van der Waals surface area contributed by atoms with Gasteiger partial charge in [0.25, 0.3) is 0 Å². The zero-order valence-electron chi connectivity index (χ0n) is 11.4. The van der Waals surface area contributed by atoms with Crippen LogP contribution in [0.2, 0.25) is 0 Å². The summed E-state index contributed by atoms with van der Waals surface area (Å²) in [4.78, 5) is 1.85. The zero-order chi connectivity index (χ0) is 14.2. The molecule has 5 heteroatoms. The fourth-order valence-electron chi connectivity index (χ4n) is 3.48. The van der Waals surface area contributed by atoms with Crippen LogP contribution in [0.4, 0.5) is 18.9 Å². The van der Waals surface area contributed by atoms with Gasteiger partial charge in [-0.05, 0) is 12.8 Å². The molecule has 2 fully saturated rings. The Balaban J connectivity index is 1.85. The molecule has 1 heterocycles. The van der Waals surface area contributed by atoms with Gasteiger partial charge in [-0.15, -0.1) is 0 Å². The van der Waals surface area contributed by atoms with Crippen LogP contribution in [0.3, 0.4) is 0 Å². The largest absolute Gasteiger partial charge is 0.366 e. The average molecular weight is 284 g/mol. The third-order valence-corrected chi connectivity index (χ3v) is 4.52. The predicted octanol–water partition coefficient (Wildman–Crippen LogP) is 3.22. The molecule has 0 radical (unpaired) electrons. The molecule has 1 saturated carbocycles. The lowest BCUT2D eigenvalue weighted by molar-refractivity contribution is 0.215. The Morgan fingerprint density at radius 1 is 0.950 bits per heavy atom. The van der Waals surface area contributed by atoms with Crippen LogP contribution in [0.1, 0.15) is 32.1 Å². The number of hydrogen-bond acceptors (Lipinski definition) is 2. The maximum Gasteiger partial charge on any atom is 0.161 e. The summed E-state index contributed by atoms with van der Waals surface area (Å²) in [7, 11) is 0. The standard InChI is InChI=1S/C15H19F3N2/c16-11-8-13(18)14(9-12(11)17)20-7-6-19-15(10-20)4-2-1-3-5-15/h8-9,19H,1-7,10H2. The van der Waals surface area contributed by atoms with E-state index in [0.717, 1.165) is 25.5 Å². The molecule has 1 aromatic rings. The van der Waals surface area contributed by atoms with Gasteiger partial charge in [0, 0.05) is 37.3 Å². The highest BCUT2D eigenvalue weighted by Crippen LogP contribution is 2.33. The Kier molecular flexibility index (Phi) is 3.63. The van der Waals surface area contributed by atoms with E-state index in [1.165, 1.54) is 19.3 Å². The zero-order valence-corrected chi connectivity index (χ0v) is 11.4. The van der Waals surface area contributed by atoms with E-state index in [2.05, 4.69) is 5.32 Å². The normalized spacial score (nSPS) is 22.2. The summed E-state index contributed by atoms with van der Waals surface area (Å²) >= 11 is 0. The minimum Gasteiger partial charge on any atom is -0.366 e. The van der Waals surface area contributed by atoms with Gasteiger partial charge in [-0.25, -0.2) is 13.2 Å². The van der Waals surface area contributed by atoms with Gasteiger partial charge in [-0.2, -0.15) is 0 Å². The molecule has 0 unspecified atom stereocenters. The Bertz CT molecular complexity index is 493. The van der Waals surface area contributed by atoms with Crippen LogP contribution in [0, 0.1) is 17.5 Å². The quantitative estimate of drug-likeness (QED) is 0.797. The van der Waals surface area contributed by atoms with E-state index in [-0.39, 0.29) is 11.2 Å². The molecule has 110 valence electrons. The van der Waals surface area contributed by atoms with Crippen molar-refractivity contribution >= 4 is 5.69 Å². The maximum atomic E-state index is 13.9. The Morgan fingerprint density at radius 2 is 1.65 bits per heavy atom. The minimum atomic E-state index is -1.13. The van der Waals surface area contributed by atoms with Crippen molar-refractivity contribution in [2.75, 3.05) is 24.5 Å². The van der Waals surface area contributed by atoms with E-state index in [1.54, 1.807) is 0 Å². The fraction of sp³-hybridized carbons (Fsp3) is 0.600. The highest BCUT2D eigenvalue weighted by Gasteiger charge is 2.36. The number of nitrogens with zero attached hydrogens (tertiary/aromatic N) is 1. The first-order valence-corrected chi connectivity index (χ1v) is 7.24. The fourth-order valence-corrected chi connectivity index (χ4v) is 3.48. The lowest BCUT2D eigenvalue weighted by atomic mass is 9.80. The molecule has 1 aliphatic carbocycles. The summed E-state index contributed by atoms with van der Waals surface area (Å²) in [6.07, 6.45) is 5.70. The lowest BCUT2D eigenvalue weighted by Gasteiger charge is -2.47. The molecular weight excluding hydrogens is 265 g/mol. The third-order valence-electron chi connectivity index (χ3n) is 4.52. The lowest BCUT2D eigenvalue weighted by Crippen LogP contribution is -2.61. The molecule has 1 N–H and O–H groups in total. The Morgan fingerprint density at radius 3 is 2.40 bits per heavy atom. The van der Waals surface area contributed by atoms with Gasteiger partial charge in [0.15, 0.2) is 11.6 Å². The number of halogens is 3. The van der Waals surface area contributed by atoms with Gasteiger partial charge < -0.3 is 10.2 Å². The second-order valence-electron chi connectivity index (χ2n) is 5.91. The first-order valence-electron chi connectivity index (χ1n) is 7.24. The number of piperazine rings is 1. The molecule has 0 bridgehead atoms. The first-order chi connectivity index (χ1) is 9.60. The second-order valence-corrected chi connectivity index (χ2v) is 5.91. The van der Waals surface area contributed by atoms with Gasteiger partial charge in [0.2, 0.25) is 0 Å². The molecule has 1 saturated heterocycles. The third kappa shape index (κ3) is 2.51. The van der Waals surface area contributed by atoms with Gasteiger partial charge in [0.1, 0.15) is 5.82 Å². The molecule has 1 spiro atoms. The molecule has 1 aromatic carbocycles. The van der Waals surface area contributed by atoms with Crippen LogP contribution in [0.5, 0.6) is 0 Å². The van der Waals surface area contributed by atoms with Crippen LogP contribution in [0.25, 0.3) is 0 Å². The van der Waals surface area contributed by atoms with Crippen molar-refractivity contribution < 1.29 is 13.2 Å². The summed E-state index contributed by atoms with van der Waals surface area (Å²) < 4.78 is 40.3. The van der Waals surface area contributed by atoms with Crippen molar-refractivity contribution in [1.82, 2.24) is 5.32 Å². The van der Waals surface area contributed by atoms with Crippen LogP contribution < -0.4 is 10.2 Å². The van der Waals surface area contributed by atoms with Crippen LogP contribution in [0.15, 0.2) is 12.1 Å². The highest BCUT2D eigenvalue weighted by atomic mass is 19.2. The van der Waals surface area contributed by atoms with E-state index in [4.69, 9.17) is 0 Å². The molecule has 3 rings (SSSR count). The van der Waals surface area contributed by atoms with E-state index in [1.807, 2.05) is 4.90 Å². The van der Waals surface area contributed by atoms with Crippen LogP contribution in [-0.2, 0) is 0 Å². The SMILES string of the molecule is Fc1cc(F)c(N2CCNC3(CCCCC3)C2)cc1F. The van der Waals surface area contributed by atoms with Crippen molar-refractivity contribution in [2.45, 2.75) is 37.6 Å². The molecule has 0 amide bonds. The number of benzene rings is 1. The minimum absolute atomic E-state index is 0.00774.